The Labute approximate surface area is 134 Å². The normalized spacial score (nSPS) is 11.1. The van der Waals surface area contributed by atoms with Crippen LogP contribution in [0.15, 0.2) is 41.3 Å². The first-order chi connectivity index (χ1) is 10.4. The molecule has 0 aromatic heterocycles. The highest BCUT2D eigenvalue weighted by molar-refractivity contribution is 7.92. The van der Waals surface area contributed by atoms with Crippen molar-refractivity contribution >= 4 is 27.3 Å². The molecule has 0 aliphatic carbocycles. The molecular weight excluding hydrogens is 326 g/mol. The lowest BCUT2D eigenvalue weighted by Gasteiger charge is -2.15. The molecule has 22 heavy (non-hydrogen) atoms. The second kappa shape index (κ2) is 6.46. The van der Waals surface area contributed by atoms with Crippen LogP contribution < -0.4 is 14.2 Å². The topological polar surface area (TPSA) is 64.6 Å². The van der Waals surface area contributed by atoms with Gasteiger partial charge in [0.1, 0.15) is 16.4 Å². The van der Waals surface area contributed by atoms with E-state index in [0.717, 1.165) is 0 Å². The molecule has 0 aliphatic heterocycles. The summed E-state index contributed by atoms with van der Waals surface area (Å²) in [7, 11) is -0.989. The smallest absolute Gasteiger partial charge is 0.265 e. The minimum absolute atomic E-state index is 0.0223. The third kappa shape index (κ3) is 3.28. The molecule has 2 rings (SSSR count). The number of halogens is 1. The van der Waals surface area contributed by atoms with Gasteiger partial charge in [0.15, 0.2) is 0 Å². The van der Waals surface area contributed by atoms with Crippen molar-refractivity contribution in [2.45, 2.75) is 11.8 Å². The second-order valence-corrected chi connectivity index (χ2v) is 6.65. The van der Waals surface area contributed by atoms with Gasteiger partial charge in [0, 0.05) is 5.02 Å². The minimum atomic E-state index is -3.87. The largest absolute Gasteiger partial charge is 0.495 e. The van der Waals surface area contributed by atoms with Gasteiger partial charge in [-0.25, -0.2) is 8.42 Å². The molecule has 118 valence electrons. The maximum Gasteiger partial charge on any atom is 0.265 e. The van der Waals surface area contributed by atoms with Crippen LogP contribution in [0.1, 0.15) is 5.56 Å². The van der Waals surface area contributed by atoms with Crippen molar-refractivity contribution in [2.24, 2.45) is 0 Å². The molecule has 0 amide bonds. The van der Waals surface area contributed by atoms with Crippen molar-refractivity contribution in [2.75, 3.05) is 18.9 Å². The number of aryl methyl sites for hydroxylation is 1. The zero-order valence-corrected chi connectivity index (χ0v) is 14.0. The fourth-order valence-corrected chi connectivity index (χ4v) is 3.77. The van der Waals surface area contributed by atoms with Crippen LogP contribution in [-0.4, -0.2) is 22.6 Å². The number of hydrogen-bond acceptors (Lipinski definition) is 4. The predicted octanol–water partition coefficient (Wildman–Crippen LogP) is 3.47. The Balaban J connectivity index is 2.52. The molecule has 0 atom stereocenters. The second-order valence-electron chi connectivity index (χ2n) is 4.56. The van der Waals surface area contributed by atoms with Gasteiger partial charge >= 0.3 is 0 Å². The van der Waals surface area contributed by atoms with Gasteiger partial charge in [-0.05, 0) is 36.8 Å². The van der Waals surface area contributed by atoms with E-state index in [1.807, 2.05) is 0 Å². The van der Waals surface area contributed by atoms with Gasteiger partial charge in [-0.2, -0.15) is 0 Å². The summed E-state index contributed by atoms with van der Waals surface area (Å²) in [4.78, 5) is -0.0223. The van der Waals surface area contributed by atoms with Crippen LogP contribution in [0.25, 0.3) is 0 Å². The van der Waals surface area contributed by atoms with Gasteiger partial charge in [-0.15, -0.1) is 0 Å². The van der Waals surface area contributed by atoms with Crippen LogP contribution in [-0.2, 0) is 10.0 Å². The monoisotopic (exact) mass is 341 g/mol. The van der Waals surface area contributed by atoms with Gasteiger partial charge in [0.05, 0.1) is 19.9 Å². The lowest BCUT2D eigenvalue weighted by Crippen LogP contribution is -2.15. The molecule has 0 fully saturated rings. The van der Waals surface area contributed by atoms with Crippen molar-refractivity contribution in [3.8, 4) is 11.5 Å². The lowest BCUT2D eigenvalue weighted by atomic mass is 10.2. The quantitative estimate of drug-likeness (QED) is 0.904. The van der Waals surface area contributed by atoms with Crippen molar-refractivity contribution in [1.82, 2.24) is 0 Å². The number of hydrogen-bond donors (Lipinski definition) is 1. The number of sulfonamides is 1. The number of nitrogens with one attached hydrogen (secondary N) is 1. The average molecular weight is 342 g/mol. The standard InChI is InChI=1S/C15H16ClNO4S/c1-10-8-11(16)9-14(15(10)21-3)22(18,19)17-12-6-4-5-7-13(12)20-2/h4-9,17H,1-3H3. The van der Waals surface area contributed by atoms with Crippen LogP contribution in [0.5, 0.6) is 11.5 Å². The van der Waals surface area contributed by atoms with Gasteiger partial charge in [-0.1, -0.05) is 23.7 Å². The average Bonchev–Trinajstić information content (AvgIpc) is 2.46. The molecule has 5 nitrogen and oxygen atoms in total. The zero-order chi connectivity index (χ0) is 16.3. The molecule has 0 spiro atoms. The number of rotatable bonds is 5. The van der Waals surface area contributed by atoms with E-state index >= 15 is 0 Å². The molecule has 0 saturated carbocycles. The van der Waals surface area contributed by atoms with Crippen molar-refractivity contribution in [3.05, 3.63) is 47.0 Å². The first-order valence-corrected chi connectivity index (χ1v) is 8.25. The van der Waals surface area contributed by atoms with Crippen molar-refractivity contribution in [1.29, 1.82) is 0 Å². The fourth-order valence-electron chi connectivity index (χ4n) is 2.09. The highest BCUT2D eigenvalue weighted by Crippen LogP contribution is 2.33. The Morgan fingerprint density at radius 1 is 1.09 bits per heavy atom. The van der Waals surface area contributed by atoms with Crippen LogP contribution in [0.4, 0.5) is 5.69 Å². The van der Waals surface area contributed by atoms with E-state index in [0.29, 0.717) is 22.0 Å². The third-order valence-corrected chi connectivity index (χ3v) is 4.64. The molecule has 0 unspecified atom stereocenters. The number of benzene rings is 2. The number of methoxy groups -OCH3 is 2. The predicted molar refractivity (Wildman–Crippen MR) is 86.5 cm³/mol. The molecule has 7 heteroatoms. The molecular formula is C15H16ClNO4S. The first-order valence-electron chi connectivity index (χ1n) is 6.39. The fraction of sp³-hybridized carbons (Fsp3) is 0.200. The highest BCUT2D eigenvalue weighted by Gasteiger charge is 2.23. The molecule has 2 aromatic carbocycles. The highest BCUT2D eigenvalue weighted by atomic mass is 35.5. The molecule has 2 aromatic rings. The van der Waals surface area contributed by atoms with Crippen LogP contribution in [0.3, 0.4) is 0 Å². The summed E-state index contributed by atoms with van der Waals surface area (Å²) in [6, 6.07) is 9.73. The maximum absolute atomic E-state index is 12.6. The summed E-state index contributed by atoms with van der Waals surface area (Å²) < 4.78 is 38.1. The van der Waals surface area contributed by atoms with E-state index < -0.39 is 10.0 Å². The third-order valence-electron chi connectivity index (χ3n) is 3.05. The van der Waals surface area contributed by atoms with Crippen LogP contribution in [0.2, 0.25) is 5.02 Å². The van der Waals surface area contributed by atoms with Crippen LogP contribution in [0, 0.1) is 6.92 Å². The number of para-hydroxylation sites is 2. The summed E-state index contributed by atoms with van der Waals surface area (Å²) in [5.41, 5.74) is 0.972. The summed E-state index contributed by atoms with van der Waals surface area (Å²) in [6.45, 7) is 1.73. The minimum Gasteiger partial charge on any atom is -0.495 e. The summed E-state index contributed by atoms with van der Waals surface area (Å²) in [5, 5.41) is 0.318. The number of ether oxygens (including phenoxy) is 2. The van der Waals surface area contributed by atoms with Crippen molar-refractivity contribution < 1.29 is 17.9 Å². The lowest BCUT2D eigenvalue weighted by molar-refractivity contribution is 0.399. The Morgan fingerprint density at radius 2 is 1.77 bits per heavy atom. The number of anilines is 1. The van der Waals surface area contributed by atoms with Gasteiger partial charge in [0.2, 0.25) is 0 Å². The molecule has 0 aliphatic rings. The van der Waals surface area contributed by atoms with Gasteiger partial charge < -0.3 is 9.47 Å². The van der Waals surface area contributed by atoms with Crippen LogP contribution >= 0.6 is 11.6 Å². The summed E-state index contributed by atoms with van der Waals surface area (Å²) in [6.07, 6.45) is 0. The van der Waals surface area contributed by atoms with Gasteiger partial charge in [0.25, 0.3) is 10.0 Å². The zero-order valence-electron chi connectivity index (χ0n) is 12.4. The Morgan fingerprint density at radius 3 is 2.41 bits per heavy atom. The van der Waals surface area contributed by atoms with E-state index in [9.17, 15) is 8.42 Å². The molecule has 0 heterocycles. The van der Waals surface area contributed by atoms with Gasteiger partial charge in [-0.3, -0.25) is 4.72 Å². The summed E-state index contributed by atoms with van der Waals surface area (Å²) in [5.74, 6) is 0.676. The van der Waals surface area contributed by atoms with E-state index in [1.54, 1.807) is 37.3 Å². The molecule has 1 N–H and O–H groups in total. The van der Waals surface area contributed by atoms with Crippen molar-refractivity contribution in [3.63, 3.8) is 0 Å². The maximum atomic E-state index is 12.6. The molecule has 0 saturated heterocycles. The molecule has 0 radical (unpaired) electrons. The van der Waals surface area contributed by atoms with E-state index in [2.05, 4.69) is 4.72 Å². The van der Waals surface area contributed by atoms with E-state index in [1.165, 1.54) is 20.3 Å². The van der Waals surface area contributed by atoms with E-state index in [4.69, 9.17) is 21.1 Å². The molecule has 0 bridgehead atoms. The Hall–Kier alpha value is -1.92. The Bertz CT molecular complexity index is 790. The first kappa shape index (κ1) is 16.5. The summed E-state index contributed by atoms with van der Waals surface area (Å²) >= 11 is 5.97. The Kier molecular flexibility index (Phi) is 4.83. The SMILES string of the molecule is COc1ccccc1NS(=O)(=O)c1cc(Cl)cc(C)c1OC. The van der Waals surface area contributed by atoms with E-state index in [-0.39, 0.29) is 10.6 Å².